The summed E-state index contributed by atoms with van der Waals surface area (Å²) in [5, 5.41) is 2.97. The zero-order valence-corrected chi connectivity index (χ0v) is 11.6. The van der Waals surface area contributed by atoms with E-state index in [4.69, 9.17) is 4.74 Å². The van der Waals surface area contributed by atoms with Crippen molar-refractivity contribution in [3.63, 3.8) is 0 Å². The van der Waals surface area contributed by atoms with Crippen molar-refractivity contribution in [2.24, 2.45) is 5.92 Å². The number of fused-ring (bicyclic) bond motifs is 1. The smallest absolute Gasteiger partial charge is 0.220 e. The first-order valence-electron chi connectivity index (χ1n) is 7.00. The van der Waals surface area contributed by atoms with Gasteiger partial charge in [-0.05, 0) is 37.0 Å². The van der Waals surface area contributed by atoms with Crippen LogP contribution in [0, 0.1) is 12.8 Å². The molecule has 0 spiro atoms. The van der Waals surface area contributed by atoms with E-state index >= 15 is 0 Å². The lowest BCUT2D eigenvalue weighted by atomic mass is 10.0. The summed E-state index contributed by atoms with van der Waals surface area (Å²) >= 11 is 0. The quantitative estimate of drug-likeness (QED) is 0.894. The van der Waals surface area contributed by atoms with Crippen LogP contribution >= 0.6 is 0 Å². The summed E-state index contributed by atoms with van der Waals surface area (Å²) in [6, 6.07) is 6.01. The van der Waals surface area contributed by atoms with Crippen LogP contribution in [0.5, 0.6) is 0 Å². The van der Waals surface area contributed by atoms with Gasteiger partial charge in [-0.3, -0.25) is 4.79 Å². The minimum atomic E-state index is 0.0985. The zero-order chi connectivity index (χ0) is 13.9. The molecule has 5 heteroatoms. The molecule has 0 saturated carbocycles. The lowest BCUT2D eigenvalue weighted by molar-refractivity contribution is -0.122. The number of carbonyl (C=O) groups is 1. The van der Waals surface area contributed by atoms with E-state index in [0.717, 1.165) is 35.4 Å². The first-order chi connectivity index (χ1) is 9.70. The van der Waals surface area contributed by atoms with Gasteiger partial charge in [-0.25, -0.2) is 4.98 Å². The van der Waals surface area contributed by atoms with Crippen molar-refractivity contribution in [1.82, 2.24) is 15.3 Å². The third-order valence-electron chi connectivity index (χ3n) is 3.65. The van der Waals surface area contributed by atoms with Crippen LogP contribution in [0.3, 0.4) is 0 Å². The Morgan fingerprint density at radius 1 is 1.55 bits per heavy atom. The van der Waals surface area contributed by atoms with Crippen LogP contribution in [0.4, 0.5) is 0 Å². The minimum absolute atomic E-state index is 0.0985. The number of imidazole rings is 1. The molecule has 0 radical (unpaired) electrons. The Bertz CT molecular complexity index is 615. The van der Waals surface area contributed by atoms with Crippen molar-refractivity contribution < 1.29 is 9.53 Å². The first-order valence-corrected chi connectivity index (χ1v) is 7.00. The highest BCUT2D eigenvalue weighted by atomic mass is 16.5. The summed E-state index contributed by atoms with van der Waals surface area (Å²) < 4.78 is 5.28. The molecule has 1 aliphatic rings. The Morgan fingerprint density at radius 2 is 2.45 bits per heavy atom. The van der Waals surface area contributed by atoms with Crippen molar-refractivity contribution in [2.75, 3.05) is 13.2 Å². The second-order valence-corrected chi connectivity index (χ2v) is 5.38. The maximum atomic E-state index is 11.9. The molecule has 0 bridgehead atoms. The van der Waals surface area contributed by atoms with Gasteiger partial charge in [-0.2, -0.15) is 0 Å². The second kappa shape index (κ2) is 5.63. The molecule has 0 aliphatic carbocycles. The number of H-pyrrole nitrogens is 1. The Balaban J connectivity index is 1.57. The molecule has 3 rings (SSSR count). The Morgan fingerprint density at radius 3 is 3.25 bits per heavy atom. The molecule has 1 fully saturated rings. The molecule has 2 heterocycles. The van der Waals surface area contributed by atoms with Crippen molar-refractivity contribution in [2.45, 2.75) is 26.3 Å². The number of nitrogens with one attached hydrogen (secondary N) is 2. The number of carbonyl (C=O) groups excluding carboxylic acids is 1. The van der Waals surface area contributed by atoms with E-state index in [1.807, 2.05) is 25.1 Å². The third-order valence-corrected chi connectivity index (χ3v) is 3.65. The van der Waals surface area contributed by atoms with Gasteiger partial charge < -0.3 is 15.0 Å². The van der Waals surface area contributed by atoms with E-state index in [1.165, 1.54) is 0 Å². The maximum Gasteiger partial charge on any atom is 0.220 e. The Hall–Kier alpha value is -1.88. The van der Waals surface area contributed by atoms with E-state index in [-0.39, 0.29) is 5.91 Å². The number of amides is 1. The van der Waals surface area contributed by atoms with Gasteiger partial charge in [0.2, 0.25) is 5.91 Å². The number of nitrogens with zero attached hydrogens (tertiary/aromatic N) is 1. The van der Waals surface area contributed by atoms with Gasteiger partial charge >= 0.3 is 0 Å². The Labute approximate surface area is 117 Å². The fraction of sp³-hybridized carbons (Fsp3) is 0.467. The van der Waals surface area contributed by atoms with Gasteiger partial charge in [0, 0.05) is 26.2 Å². The largest absolute Gasteiger partial charge is 0.381 e. The molecule has 1 saturated heterocycles. The van der Waals surface area contributed by atoms with Crippen LogP contribution in [-0.4, -0.2) is 29.1 Å². The number of rotatable bonds is 4. The highest BCUT2D eigenvalue weighted by Crippen LogP contribution is 2.16. The van der Waals surface area contributed by atoms with Gasteiger partial charge in [0.1, 0.15) is 5.82 Å². The SMILES string of the molecule is Cc1nc2ccc(CNC(=O)C[C@@H]3CCOC3)cc2[nH]1. The molecule has 5 nitrogen and oxygen atoms in total. The third kappa shape index (κ3) is 2.99. The fourth-order valence-corrected chi connectivity index (χ4v) is 2.57. The summed E-state index contributed by atoms with van der Waals surface area (Å²) in [5.41, 5.74) is 3.05. The van der Waals surface area contributed by atoms with Gasteiger partial charge in [-0.15, -0.1) is 0 Å². The topological polar surface area (TPSA) is 67.0 Å². The molecule has 0 unspecified atom stereocenters. The summed E-state index contributed by atoms with van der Waals surface area (Å²) in [6.45, 7) is 3.99. The van der Waals surface area contributed by atoms with Gasteiger partial charge in [0.15, 0.2) is 0 Å². The molecule has 1 atom stereocenters. The van der Waals surface area contributed by atoms with Crippen LogP contribution in [0.25, 0.3) is 11.0 Å². The minimum Gasteiger partial charge on any atom is -0.381 e. The maximum absolute atomic E-state index is 11.9. The van der Waals surface area contributed by atoms with E-state index in [0.29, 0.717) is 25.5 Å². The predicted octanol–water partition coefficient (Wildman–Crippen LogP) is 1.91. The molecular formula is C15H19N3O2. The summed E-state index contributed by atoms with van der Waals surface area (Å²) in [7, 11) is 0. The van der Waals surface area contributed by atoms with Crippen LogP contribution in [0.15, 0.2) is 18.2 Å². The highest BCUT2D eigenvalue weighted by molar-refractivity contribution is 5.77. The second-order valence-electron chi connectivity index (χ2n) is 5.38. The molecule has 1 aromatic carbocycles. The molecular weight excluding hydrogens is 254 g/mol. The highest BCUT2D eigenvalue weighted by Gasteiger charge is 2.18. The van der Waals surface area contributed by atoms with E-state index in [1.54, 1.807) is 0 Å². The lowest BCUT2D eigenvalue weighted by Gasteiger charge is -2.08. The number of aryl methyl sites for hydroxylation is 1. The van der Waals surface area contributed by atoms with E-state index in [2.05, 4.69) is 15.3 Å². The fourth-order valence-electron chi connectivity index (χ4n) is 2.57. The summed E-state index contributed by atoms with van der Waals surface area (Å²) in [6.07, 6.45) is 1.55. The van der Waals surface area contributed by atoms with Crippen LogP contribution in [-0.2, 0) is 16.1 Å². The monoisotopic (exact) mass is 273 g/mol. The van der Waals surface area contributed by atoms with E-state index in [9.17, 15) is 4.79 Å². The summed E-state index contributed by atoms with van der Waals surface area (Å²) in [5.74, 6) is 1.39. The number of benzene rings is 1. The van der Waals surface area contributed by atoms with Gasteiger partial charge in [0.25, 0.3) is 0 Å². The lowest BCUT2D eigenvalue weighted by Crippen LogP contribution is -2.25. The van der Waals surface area contributed by atoms with Crippen LogP contribution in [0.2, 0.25) is 0 Å². The van der Waals surface area contributed by atoms with Crippen LogP contribution < -0.4 is 5.32 Å². The zero-order valence-electron chi connectivity index (χ0n) is 11.6. The first kappa shape index (κ1) is 13.1. The normalized spacial score (nSPS) is 18.6. The standard InChI is InChI=1S/C15H19N3O2/c1-10-17-13-3-2-11(6-14(13)18-10)8-16-15(19)7-12-4-5-20-9-12/h2-3,6,12H,4-5,7-9H2,1H3,(H,16,19)(H,17,18)/t12-/m0/s1. The van der Waals surface area contributed by atoms with Crippen molar-refractivity contribution in [3.8, 4) is 0 Å². The molecule has 106 valence electrons. The molecule has 2 aromatic rings. The van der Waals surface area contributed by atoms with Crippen molar-refractivity contribution in [3.05, 3.63) is 29.6 Å². The van der Waals surface area contributed by atoms with Crippen molar-refractivity contribution >= 4 is 16.9 Å². The summed E-state index contributed by atoms with van der Waals surface area (Å²) in [4.78, 5) is 19.4. The average molecular weight is 273 g/mol. The number of hydrogen-bond acceptors (Lipinski definition) is 3. The van der Waals surface area contributed by atoms with Gasteiger partial charge in [-0.1, -0.05) is 6.07 Å². The molecule has 2 N–H and O–H groups in total. The number of ether oxygens (including phenoxy) is 1. The van der Waals surface area contributed by atoms with Crippen LogP contribution in [0.1, 0.15) is 24.2 Å². The van der Waals surface area contributed by atoms with Gasteiger partial charge in [0.05, 0.1) is 11.0 Å². The molecule has 1 aromatic heterocycles. The average Bonchev–Trinajstić information content (AvgIpc) is 3.04. The Kier molecular flexibility index (Phi) is 3.69. The molecule has 20 heavy (non-hydrogen) atoms. The number of aromatic amines is 1. The molecule has 1 amide bonds. The number of hydrogen-bond donors (Lipinski definition) is 2. The van der Waals surface area contributed by atoms with Crippen molar-refractivity contribution in [1.29, 1.82) is 0 Å². The predicted molar refractivity (Wildman–Crippen MR) is 76.2 cm³/mol. The molecule has 1 aliphatic heterocycles. The number of aromatic nitrogens is 2. The van der Waals surface area contributed by atoms with E-state index < -0.39 is 0 Å².